The second kappa shape index (κ2) is 6.71. The molecule has 1 fully saturated rings. The normalized spacial score (nSPS) is 19.0. The first-order valence-corrected chi connectivity index (χ1v) is 9.06. The molecule has 1 unspecified atom stereocenters. The maximum absolute atomic E-state index is 11.5. The van der Waals surface area contributed by atoms with Gasteiger partial charge in [0, 0.05) is 0 Å². The summed E-state index contributed by atoms with van der Waals surface area (Å²) in [6.07, 6.45) is 5.14. The molecule has 0 heterocycles. The number of carboxylic acid groups (broad SMARTS) is 1. The van der Waals surface area contributed by atoms with Gasteiger partial charge in [0.1, 0.15) is 0 Å². The molecule has 0 aromatic rings. The third kappa shape index (κ3) is 4.29. The monoisotopic (exact) mass is 240 g/mol. The van der Waals surface area contributed by atoms with Gasteiger partial charge < -0.3 is 0 Å². The summed E-state index contributed by atoms with van der Waals surface area (Å²) in [6.45, 7) is 0. The van der Waals surface area contributed by atoms with E-state index in [1.165, 1.54) is 6.42 Å². The summed E-state index contributed by atoms with van der Waals surface area (Å²) in [7, 11) is 0. The van der Waals surface area contributed by atoms with Crippen molar-refractivity contribution in [2.24, 2.45) is 0 Å². The average Bonchev–Trinajstić information content (AvgIpc) is 2.19. The summed E-state index contributed by atoms with van der Waals surface area (Å²) in [6, 6.07) is 0. The van der Waals surface area contributed by atoms with Crippen molar-refractivity contribution >= 4 is 45.8 Å². The van der Waals surface area contributed by atoms with Crippen molar-refractivity contribution in [1.29, 1.82) is 0 Å². The van der Waals surface area contributed by atoms with Crippen LogP contribution in [0.4, 0.5) is 0 Å². The van der Waals surface area contributed by atoms with Crippen LogP contribution in [0.15, 0.2) is 0 Å². The Morgan fingerprint density at radius 2 is 1.93 bits per heavy atom. The molecule has 1 rings (SSSR count). The van der Waals surface area contributed by atoms with Gasteiger partial charge in [-0.15, -0.1) is 0 Å². The van der Waals surface area contributed by atoms with Crippen LogP contribution in [0, 0.1) is 0 Å². The summed E-state index contributed by atoms with van der Waals surface area (Å²) in [5.41, 5.74) is 0. The fraction of sp³-hybridized carbons (Fsp3) is 0.800. The number of esters is 1. The van der Waals surface area contributed by atoms with Gasteiger partial charge in [-0.2, -0.15) is 0 Å². The molecule has 5 heteroatoms. The van der Waals surface area contributed by atoms with Crippen LogP contribution in [0.3, 0.4) is 0 Å². The first-order chi connectivity index (χ1) is 7.15. The number of hydrogen-bond acceptors (Lipinski definition) is 3. The first-order valence-electron chi connectivity index (χ1n) is 5.58. The number of carbonyl (C=O) groups excluding carboxylic acids is 1. The molecule has 0 bridgehead atoms. The quantitative estimate of drug-likeness (QED) is 0.459. The standard InChI is InChI=1S/C9H13O4.CH3.Ca/c10-8(11)6-9(12)13-7-4-2-1-3-5-7;;/h6-7H,1-5H2,(H,10,11);1H3;. The number of carboxylic acids is 1. The third-order valence-corrected chi connectivity index (χ3v) is 5.17. The molecule has 0 amide bonds. The molecule has 0 aliphatic heterocycles. The molecule has 1 aliphatic carbocycles. The molecular formula is C10H16CaO4. The summed E-state index contributed by atoms with van der Waals surface area (Å²) in [5.74, 6) is -1.49. The predicted octanol–water partition coefficient (Wildman–Crippen LogP) is 1.49. The van der Waals surface area contributed by atoms with E-state index in [4.69, 9.17) is 9.84 Å². The molecule has 1 aliphatic rings. The van der Waals surface area contributed by atoms with E-state index < -0.39 is 47.8 Å². The summed E-state index contributed by atoms with van der Waals surface area (Å²) < 4.78 is 6.30. The van der Waals surface area contributed by atoms with Crippen molar-refractivity contribution in [3.05, 3.63) is 0 Å². The van der Waals surface area contributed by atoms with Crippen molar-refractivity contribution in [1.82, 2.24) is 0 Å². The Hall–Kier alpha value is 0.200. The molecule has 0 saturated heterocycles. The van der Waals surface area contributed by atoms with Crippen molar-refractivity contribution in [2.75, 3.05) is 0 Å². The zero-order chi connectivity index (χ0) is 11.3. The van der Waals surface area contributed by atoms with Crippen LogP contribution in [0.5, 0.6) is 0 Å². The molecule has 0 aromatic carbocycles. The Balaban J connectivity index is 2.42. The predicted molar refractivity (Wildman–Crippen MR) is 56.0 cm³/mol. The van der Waals surface area contributed by atoms with E-state index in [1.807, 2.05) is 3.02 Å². The van der Waals surface area contributed by atoms with Gasteiger partial charge in [0.2, 0.25) is 0 Å². The average molecular weight is 240 g/mol. The van der Waals surface area contributed by atoms with Crippen LogP contribution in [0.1, 0.15) is 32.1 Å². The van der Waals surface area contributed by atoms with Crippen LogP contribution in [-0.2, 0) is 14.3 Å². The van der Waals surface area contributed by atoms with E-state index in [9.17, 15) is 9.59 Å². The fourth-order valence-electron chi connectivity index (χ4n) is 1.87. The van der Waals surface area contributed by atoms with E-state index in [2.05, 4.69) is 0 Å². The zero-order valence-corrected chi connectivity index (χ0v) is 11.3. The van der Waals surface area contributed by atoms with E-state index in [0.717, 1.165) is 25.7 Å². The van der Waals surface area contributed by atoms with Gasteiger partial charge >= 0.3 is 108 Å². The van der Waals surface area contributed by atoms with Crippen LogP contribution in [-0.4, -0.2) is 57.0 Å². The number of rotatable bonds is 4. The van der Waals surface area contributed by atoms with E-state index in [-0.39, 0.29) is 6.10 Å². The number of aliphatic carboxylic acids is 1. The second-order valence-electron chi connectivity index (χ2n) is 4.00. The molecule has 1 saturated carbocycles. The molecular weight excluding hydrogens is 224 g/mol. The minimum absolute atomic E-state index is 0.0259. The molecule has 0 aromatic heterocycles. The van der Waals surface area contributed by atoms with Gasteiger partial charge in [-0.3, -0.25) is 0 Å². The topological polar surface area (TPSA) is 63.6 Å². The van der Waals surface area contributed by atoms with Gasteiger partial charge in [0.15, 0.2) is 0 Å². The van der Waals surface area contributed by atoms with Gasteiger partial charge in [-0.25, -0.2) is 0 Å². The second-order valence-corrected chi connectivity index (χ2v) is 6.55. The van der Waals surface area contributed by atoms with Gasteiger partial charge in [0.25, 0.3) is 0 Å². The van der Waals surface area contributed by atoms with E-state index >= 15 is 0 Å². The summed E-state index contributed by atoms with van der Waals surface area (Å²) >= 11 is -1.30. The molecule has 0 radical (unpaired) electrons. The molecule has 1 atom stereocenters. The Bertz CT molecular complexity index is 236. The molecule has 4 nitrogen and oxygen atoms in total. The van der Waals surface area contributed by atoms with Gasteiger partial charge in [-0.05, 0) is 0 Å². The van der Waals surface area contributed by atoms with Crippen molar-refractivity contribution in [3.63, 3.8) is 0 Å². The van der Waals surface area contributed by atoms with Gasteiger partial charge in [0.05, 0.1) is 0 Å². The number of hydrogen-bond donors (Lipinski definition) is 1. The minimum atomic E-state index is -1.30. The Morgan fingerprint density at radius 3 is 2.40 bits per heavy atom. The zero-order valence-electron chi connectivity index (χ0n) is 9.07. The molecule has 82 valence electrons. The Morgan fingerprint density at radius 1 is 1.33 bits per heavy atom. The van der Waals surface area contributed by atoms with Crippen LogP contribution in [0.2, 0.25) is 5.04 Å². The van der Waals surface area contributed by atoms with Crippen molar-refractivity contribution in [3.8, 4) is 0 Å². The van der Waals surface area contributed by atoms with Crippen molar-refractivity contribution < 1.29 is 19.4 Å². The van der Waals surface area contributed by atoms with E-state index in [0.29, 0.717) is 0 Å². The summed E-state index contributed by atoms with van der Waals surface area (Å²) in [4.78, 5) is 22.3. The molecule has 0 spiro atoms. The Labute approximate surface area is 108 Å². The third-order valence-electron chi connectivity index (χ3n) is 2.83. The van der Waals surface area contributed by atoms with Crippen LogP contribution < -0.4 is 0 Å². The van der Waals surface area contributed by atoms with Crippen LogP contribution in [0.25, 0.3) is 0 Å². The fourth-order valence-corrected chi connectivity index (χ4v) is 3.09. The maximum atomic E-state index is 11.5. The first kappa shape index (κ1) is 13.3. The van der Waals surface area contributed by atoms with Gasteiger partial charge in [-0.1, -0.05) is 0 Å². The van der Waals surface area contributed by atoms with E-state index in [1.54, 1.807) is 0 Å². The molecule has 15 heavy (non-hydrogen) atoms. The summed E-state index contributed by atoms with van der Waals surface area (Å²) in [5, 5.41) is 8.82. The molecule has 1 N–H and O–H groups in total. The van der Waals surface area contributed by atoms with Crippen LogP contribution >= 0.6 is 0 Å². The SMILES string of the molecule is [CH3][Ca][CH](C(=O)O)C(=O)OC1CCCCC1. The number of carbonyl (C=O) groups is 2. The van der Waals surface area contributed by atoms with Crippen molar-refractivity contribution in [2.45, 2.75) is 43.2 Å². The Kier molecular flexibility index (Phi) is 5.94. The number of ether oxygens (including phenoxy) is 1.